The maximum Gasteiger partial charge on any atom is 0.267 e. The van der Waals surface area contributed by atoms with Crippen molar-refractivity contribution in [3.63, 3.8) is 0 Å². The van der Waals surface area contributed by atoms with Crippen LogP contribution in [0.3, 0.4) is 0 Å². The molecule has 0 spiro atoms. The highest BCUT2D eigenvalue weighted by Crippen LogP contribution is 2.26. The Morgan fingerprint density at radius 3 is 2.94 bits per heavy atom. The van der Waals surface area contributed by atoms with Gasteiger partial charge >= 0.3 is 0 Å². The fourth-order valence-corrected chi connectivity index (χ4v) is 2.97. The number of piperidine rings is 1. The summed E-state index contributed by atoms with van der Waals surface area (Å²) in [5.41, 5.74) is 0. The number of amides is 1. The summed E-state index contributed by atoms with van der Waals surface area (Å²) in [5.74, 6) is -0.00574. The van der Waals surface area contributed by atoms with Gasteiger partial charge in [0.25, 0.3) is 5.91 Å². The van der Waals surface area contributed by atoms with Crippen LogP contribution >= 0.6 is 11.5 Å². The van der Waals surface area contributed by atoms with Crippen LogP contribution in [0.25, 0.3) is 0 Å². The summed E-state index contributed by atoms with van der Waals surface area (Å²) in [6.45, 7) is 1.99. The minimum atomic E-state index is -0.268. The molecule has 0 aliphatic carbocycles. The van der Waals surface area contributed by atoms with E-state index in [1.165, 1.54) is 6.20 Å². The lowest BCUT2D eigenvalue weighted by atomic mass is 10.0. The number of rotatable bonds is 2. The second-order valence-electron chi connectivity index (χ2n) is 4.45. The lowest BCUT2D eigenvalue weighted by Crippen LogP contribution is -2.50. The van der Waals surface area contributed by atoms with Gasteiger partial charge in [-0.25, -0.2) is 0 Å². The maximum absolute atomic E-state index is 12.4. The van der Waals surface area contributed by atoms with E-state index in [1.54, 1.807) is 0 Å². The lowest BCUT2D eigenvalue weighted by Gasteiger charge is -2.37. The van der Waals surface area contributed by atoms with Crippen molar-refractivity contribution >= 4 is 17.4 Å². The van der Waals surface area contributed by atoms with E-state index < -0.39 is 0 Å². The van der Waals surface area contributed by atoms with Crippen LogP contribution in [-0.2, 0) is 9.47 Å². The average molecular weight is 269 g/mol. The Kier molecular flexibility index (Phi) is 3.53. The van der Waals surface area contributed by atoms with Crippen LogP contribution in [0.5, 0.6) is 0 Å². The Balaban J connectivity index is 1.76. The van der Waals surface area contributed by atoms with E-state index in [9.17, 15) is 4.79 Å². The van der Waals surface area contributed by atoms with Crippen molar-refractivity contribution in [3.05, 3.63) is 11.1 Å². The Hall–Kier alpha value is -1.05. The molecule has 1 aromatic rings. The lowest BCUT2D eigenvalue weighted by molar-refractivity contribution is -0.100. The van der Waals surface area contributed by atoms with E-state index in [0.29, 0.717) is 18.1 Å². The van der Waals surface area contributed by atoms with Crippen LogP contribution < -0.4 is 0 Å². The first-order valence-electron chi connectivity index (χ1n) is 6.18. The molecule has 1 amide bonds. The molecule has 0 radical (unpaired) electrons. The van der Waals surface area contributed by atoms with Crippen LogP contribution in [0.1, 0.15) is 28.9 Å². The van der Waals surface area contributed by atoms with Crippen LogP contribution in [0.15, 0.2) is 6.20 Å². The third-order valence-electron chi connectivity index (χ3n) is 3.34. The Labute approximate surface area is 109 Å². The molecule has 2 fully saturated rings. The highest BCUT2D eigenvalue weighted by atomic mass is 32.1. The number of carbonyl (C=O) groups is 1. The molecular weight excluding hydrogens is 254 g/mol. The number of nitrogens with zero attached hydrogens (tertiary/aromatic N) is 3. The summed E-state index contributed by atoms with van der Waals surface area (Å²) in [6, 6.07) is 0.0239. The quantitative estimate of drug-likeness (QED) is 0.798. The molecule has 2 aliphatic rings. The van der Waals surface area contributed by atoms with Gasteiger partial charge in [-0.2, -0.15) is 0 Å². The van der Waals surface area contributed by atoms with Crippen LogP contribution in [0.4, 0.5) is 0 Å². The molecule has 2 aliphatic heterocycles. The van der Waals surface area contributed by atoms with Crippen molar-refractivity contribution in [3.8, 4) is 0 Å². The van der Waals surface area contributed by atoms with Gasteiger partial charge in [-0.3, -0.25) is 4.79 Å². The zero-order valence-corrected chi connectivity index (χ0v) is 10.8. The van der Waals surface area contributed by atoms with Gasteiger partial charge in [0.05, 0.1) is 25.5 Å². The summed E-state index contributed by atoms with van der Waals surface area (Å²) in [7, 11) is 0. The summed E-state index contributed by atoms with van der Waals surface area (Å²) >= 11 is 1.14. The SMILES string of the molecule is O=C(c1cnns1)N1CCCCC1C1OCCO1. The smallest absolute Gasteiger partial charge is 0.267 e. The predicted octanol–water partition coefficient (Wildman–Crippen LogP) is 0.906. The maximum atomic E-state index is 12.4. The van der Waals surface area contributed by atoms with Crippen molar-refractivity contribution in [2.45, 2.75) is 31.6 Å². The molecule has 1 atom stereocenters. The number of hydrogen-bond donors (Lipinski definition) is 0. The Bertz CT molecular complexity index is 406. The van der Waals surface area contributed by atoms with Gasteiger partial charge in [0.2, 0.25) is 0 Å². The molecule has 6 nitrogen and oxygen atoms in total. The van der Waals surface area contributed by atoms with Crippen LogP contribution in [0.2, 0.25) is 0 Å². The van der Waals surface area contributed by atoms with Gasteiger partial charge in [0, 0.05) is 6.54 Å². The van der Waals surface area contributed by atoms with Crippen LogP contribution in [-0.4, -0.2) is 52.5 Å². The first-order valence-corrected chi connectivity index (χ1v) is 6.95. The molecule has 0 saturated carbocycles. The summed E-state index contributed by atoms with van der Waals surface area (Å²) in [5, 5.41) is 3.72. The van der Waals surface area contributed by atoms with E-state index in [4.69, 9.17) is 9.47 Å². The molecule has 3 heterocycles. The molecule has 3 rings (SSSR count). The number of ether oxygens (including phenoxy) is 2. The molecule has 1 unspecified atom stereocenters. The number of aromatic nitrogens is 2. The van der Waals surface area contributed by atoms with Crippen molar-refractivity contribution in [1.82, 2.24) is 14.5 Å². The van der Waals surface area contributed by atoms with Gasteiger partial charge in [0.1, 0.15) is 4.88 Å². The van der Waals surface area contributed by atoms with Crippen molar-refractivity contribution < 1.29 is 14.3 Å². The third kappa shape index (κ3) is 2.25. The van der Waals surface area contributed by atoms with Gasteiger partial charge in [-0.1, -0.05) is 4.49 Å². The van der Waals surface area contributed by atoms with E-state index >= 15 is 0 Å². The number of likely N-dealkylation sites (tertiary alicyclic amines) is 1. The van der Waals surface area contributed by atoms with E-state index in [1.807, 2.05) is 4.90 Å². The Morgan fingerprint density at radius 1 is 1.39 bits per heavy atom. The molecule has 0 bridgehead atoms. The van der Waals surface area contributed by atoms with E-state index in [2.05, 4.69) is 9.59 Å². The number of hydrogen-bond acceptors (Lipinski definition) is 6. The zero-order chi connectivity index (χ0) is 12.4. The summed E-state index contributed by atoms with van der Waals surface area (Å²) in [6.07, 6.45) is 4.33. The molecule has 18 heavy (non-hydrogen) atoms. The minimum absolute atomic E-state index is 0.00574. The summed E-state index contributed by atoms with van der Waals surface area (Å²) < 4.78 is 14.8. The van der Waals surface area contributed by atoms with Gasteiger partial charge < -0.3 is 14.4 Å². The molecule has 0 N–H and O–H groups in total. The first-order chi connectivity index (χ1) is 8.86. The molecule has 1 aromatic heterocycles. The summed E-state index contributed by atoms with van der Waals surface area (Å²) in [4.78, 5) is 14.8. The molecule has 98 valence electrons. The normalized spacial score (nSPS) is 25.6. The third-order valence-corrected chi connectivity index (χ3v) is 4.00. The highest BCUT2D eigenvalue weighted by molar-refractivity contribution is 7.07. The van der Waals surface area contributed by atoms with E-state index in [0.717, 1.165) is 37.3 Å². The first kappa shape index (κ1) is 12.0. The van der Waals surface area contributed by atoms with Crippen molar-refractivity contribution in [2.24, 2.45) is 0 Å². The van der Waals surface area contributed by atoms with E-state index in [-0.39, 0.29) is 18.2 Å². The average Bonchev–Trinajstić information content (AvgIpc) is 3.11. The van der Waals surface area contributed by atoms with Crippen molar-refractivity contribution in [2.75, 3.05) is 19.8 Å². The topological polar surface area (TPSA) is 64.6 Å². The second-order valence-corrected chi connectivity index (χ2v) is 5.24. The zero-order valence-electron chi connectivity index (χ0n) is 9.95. The van der Waals surface area contributed by atoms with Gasteiger partial charge in [-0.05, 0) is 30.8 Å². The monoisotopic (exact) mass is 269 g/mol. The second kappa shape index (κ2) is 5.29. The molecular formula is C11H15N3O3S. The molecule has 2 saturated heterocycles. The van der Waals surface area contributed by atoms with Crippen LogP contribution in [0, 0.1) is 0 Å². The number of carbonyl (C=O) groups excluding carboxylic acids is 1. The van der Waals surface area contributed by atoms with Gasteiger partial charge in [0.15, 0.2) is 6.29 Å². The fourth-order valence-electron chi connectivity index (χ4n) is 2.49. The van der Waals surface area contributed by atoms with Crippen molar-refractivity contribution in [1.29, 1.82) is 0 Å². The van der Waals surface area contributed by atoms with Gasteiger partial charge in [-0.15, -0.1) is 5.10 Å². The highest BCUT2D eigenvalue weighted by Gasteiger charge is 2.36. The molecule has 7 heteroatoms. The molecule has 0 aromatic carbocycles. The fraction of sp³-hybridized carbons (Fsp3) is 0.727. The largest absolute Gasteiger partial charge is 0.348 e. The predicted molar refractivity (Wildman–Crippen MR) is 64.3 cm³/mol. The standard InChI is InChI=1S/C11H15N3O3S/c15-10(9-7-12-13-18-9)14-4-2-1-3-8(14)11-16-5-6-17-11/h7-8,11H,1-6H2. The minimum Gasteiger partial charge on any atom is -0.348 e. The Morgan fingerprint density at radius 2 is 2.22 bits per heavy atom.